The minimum absolute atomic E-state index is 0. The van der Waals surface area contributed by atoms with Crippen molar-refractivity contribution >= 4 is 38.3 Å². The quantitative estimate of drug-likeness (QED) is 0.397. The van der Waals surface area contributed by atoms with E-state index in [1.165, 1.54) is 18.6 Å². The topological polar surface area (TPSA) is 110 Å². The summed E-state index contributed by atoms with van der Waals surface area (Å²) in [6, 6.07) is 16.1. The van der Waals surface area contributed by atoms with E-state index in [-0.39, 0.29) is 24.6 Å². The van der Waals surface area contributed by atoms with Crippen LogP contribution >= 0.6 is 0 Å². The van der Waals surface area contributed by atoms with Crippen molar-refractivity contribution in [2.45, 2.75) is 18.4 Å². The first-order chi connectivity index (χ1) is 17.8. The summed E-state index contributed by atoms with van der Waals surface area (Å²) < 4.78 is 35.1. The number of nitrogens with one attached hydrogen (secondary N) is 1. The maximum absolute atomic E-state index is 13.1. The van der Waals surface area contributed by atoms with Crippen molar-refractivity contribution in [2.24, 2.45) is 0 Å². The third-order valence-electron chi connectivity index (χ3n) is 6.57. The van der Waals surface area contributed by atoms with E-state index in [9.17, 15) is 13.2 Å². The van der Waals surface area contributed by atoms with E-state index in [0.717, 1.165) is 28.0 Å². The molecule has 0 spiro atoms. The molecule has 2 aromatic heterocycles. The van der Waals surface area contributed by atoms with Crippen LogP contribution in [0.3, 0.4) is 0 Å². The highest BCUT2D eigenvalue weighted by molar-refractivity contribution is 7.92. The largest absolute Gasteiger partial charge is 0.497 e. The fourth-order valence-corrected chi connectivity index (χ4v) is 5.57. The van der Waals surface area contributed by atoms with E-state index in [1.807, 2.05) is 34.6 Å². The van der Waals surface area contributed by atoms with Gasteiger partial charge in [0.2, 0.25) is 5.91 Å². The highest BCUT2D eigenvalue weighted by atomic mass is 32.2. The van der Waals surface area contributed by atoms with E-state index in [1.54, 1.807) is 31.4 Å². The third-order valence-corrected chi connectivity index (χ3v) is 7.95. The Hall–Kier alpha value is -4.12. The number of hydrogen-bond acceptors (Lipinski definition) is 7. The second kappa shape index (κ2) is 10.1. The van der Waals surface area contributed by atoms with Crippen molar-refractivity contribution in [1.29, 1.82) is 0 Å². The number of hydrogen-bond donors (Lipinski definition) is 1. The standard InChI is InChI=1S/C26H28N6O4S.H2/c1-19-15-20-16-22(36-2)5-8-24(20)32(19)17-26(33)31-13-11-30(12-14-31)21-3-6-23(7-4-21)37(34,35)29-25-9-10-27-18-28-25;/h3-10,15-16,18H,11-14,17H2,1-2H3,(H,27,28,29);1H. The summed E-state index contributed by atoms with van der Waals surface area (Å²) in [6.45, 7) is 4.82. The molecule has 0 bridgehead atoms. The van der Waals surface area contributed by atoms with E-state index >= 15 is 0 Å². The molecule has 0 atom stereocenters. The molecule has 5 rings (SSSR count). The summed E-state index contributed by atoms with van der Waals surface area (Å²) in [5.41, 5.74) is 2.95. The normalized spacial score (nSPS) is 14.1. The maximum Gasteiger partial charge on any atom is 0.263 e. The SMILES string of the molecule is COc1ccc2c(c1)cc(C)n2CC(=O)N1CCN(c2ccc(S(=O)(=O)Nc3ccncn3)cc2)CC1.[HH]. The van der Waals surface area contributed by atoms with E-state index < -0.39 is 10.0 Å². The Balaban J connectivity index is 0.00000336. The first-order valence-corrected chi connectivity index (χ1v) is 13.4. The molecule has 0 saturated carbocycles. The molecule has 3 heterocycles. The van der Waals surface area contributed by atoms with Crippen molar-refractivity contribution in [3.8, 4) is 5.75 Å². The van der Waals surface area contributed by atoms with Gasteiger partial charge in [0.1, 0.15) is 24.4 Å². The van der Waals surface area contributed by atoms with Crippen LogP contribution in [-0.4, -0.2) is 67.0 Å². The molecule has 1 N–H and O–H groups in total. The van der Waals surface area contributed by atoms with Crippen molar-refractivity contribution in [3.05, 3.63) is 72.8 Å². The Morgan fingerprint density at radius 2 is 1.81 bits per heavy atom. The highest BCUT2D eigenvalue weighted by Gasteiger charge is 2.23. The van der Waals surface area contributed by atoms with E-state index in [0.29, 0.717) is 26.2 Å². The average molecular weight is 523 g/mol. The molecule has 0 radical (unpaired) electrons. The lowest BCUT2D eigenvalue weighted by molar-refractivity contribution is -0.132. The average Bonchev–Trinajstić information content (AvgIpc) is 3.22. The number of rotatable bonds is 7. The van der Waals surface area contributed by atoms with Crippen LogP contribution in [0.4, 0.5) is 11.5 Å². The lowest BCUT2D eigenvalue weighted by Gasteiger charge is -2.36. The first kappa shape index (κ1) is 24.6. The molecule has 4 aromatic rings. The van der Waals surface area contributed by atoms with Gasteiger partial charge in [0.05, 0.1) is 12.0 Å². The summed E-state index contributed by atoms with van der Waals surface area (Å²) >= 11 is 0. The van der Waals surface area contributed by atoms with Gasteiger partial charge in [-0.2, -0.15) is 0 Å². The number of fused-ring (bicyclic) bond motifs is 1. The summed E-state index contributed by atoms with van der Waals surface area (Å²) in [5, 5.41) is 1.05. The molecular formula is C26H30N6O4S. The number of aromatic nitrogens is 3. The molecule has 1 saturated heterocycles. The zero-order valence-corrected chi connectivity index (χ0v) is 21.5. The Morgan fingerprint density at radius 1 is 1.05 bits per heavy atom. The van der Waals surface area contributed by atoms with Gasteiger partial charge in [-0.25, -0.2) is 18.4 Å². The molecule has 0 aliphatic carbocycles. The molecule has 1 amide bonds. The van der Waals surface area contributed by atoms with Gasteiger partial charge in [-0.3, -0.25) is 9.52 Å². The third kappa shape index (κ3) is 5.21. The Bertz CT molecular complexity index is 1520. The zero-order valence-electron chi connectivity index (χ0n) is 20.7. The Labute approximate surface area is 217 Å². The van der Waals surface area contributed by atoms with Gasteiger partial charge < -0.3 is 19.1 Å². The Kier molecular flexibility index (Phi) is 6.70. The van der Waals surface area contributed by atoms with Gasteiger partial charge in [0.15, 0.2) is 0 Å². The van der Waals surface area contributed by atoms with Crippen LogP contribution in [-0.2, 0) is 21.4 Å². The number of benzene rings is 2. The summed E-state index contributed by atoms with van der Waals surface area (Å²) in [5.74, 6) is 1.08. The van der Waals surface area contributed by atoms with Crippen LogP contribution in [0.25, 0.3) is 10.9 Å². The van der Waals surface area contributed by atoms with Gasteiger partial charge in [-0.1, -0.05) is 0 Å². The van der Waals surface area contributed by atoms with Crippen LogP contribution < -0.4 is 14.4 Å². The molecule has 194 valence electrons. The van der Waals surface area contributed by atoms with Crippen LogP contribution in [0.15, 0.2) is 72.0 Å². The van der Waals surface area contributed by atoms with Gasteiger partial charge in [-0.05, 0) is 61.5 Å². The maximum atomic E-state index is 13.1. The minimum Gasteiger partial charge on any atom is -0.497 e. The Morgan fingerprint density at radius 3 is 2.49 bits per heavy atom. The van der Waals surface area contributed by atoms with Gasteiger partial charge >= 0.3 is 0 Å². The molecule has 1 aliphatic heterocycles. The van der Waals surface area contributed by atoms with Crippen molar-refractivity contribution < 1.29 is 19.4 Å². The fraction of sp³-hybridized carbons (Fsp3) is 0.269. The summed E-state index contributed by atoms with van der Waals surface area (Å²) in [7, 11) is -2.11. The molecule has 1 aliphatic rings. The van der Waals surface area contributed by atoms with Crippen molar-refractivity contribution in [2.75, 3.05) is 42.9 Å². The molecule has 37 heavy (non-hydrogen) atoms. The predicted octanol–water partition coefficient (Wildman–Crippen LogP) is 3.14. The summed E-state index contributed by atoms with van der Waals surface area (Å²) in [6.07, 6.45) is 2.75. The molecule has 11 heteroatoms. The van der Waals surface area contributed by atoms with Crippen LogP contribution in [0.5, 0.6) is 5.75 Å². The van der Waals surface area contributed by atoms with E-state index in [2.05, 4.69) is 25.7 Å². The minimum atomic E-state index is -3.75. The number of carbonyl (C=O) groups excluding carboxylic acids is 1. The molecule has 2 aromatic carbocycles. The molecular weight excluding hydrogens is 492 g/mol. The lowest BCUT2D eigenvalue weighted by atomic mass is 10.2. The van der Waals surface area contributed by atoms with Gasteiger partial charge in [0.25, 0.3) is 10.0 Å². The van der Waals surface area contributed by atoms with Crippen LogP contribution in [0.1, 0.15) is 7.12 Å². The number of piperazine rings is 1. The van der Waals surface area contributed by atoms with Crippen LogP contribution in [0.2, 0.25) is 0 Å². The number of nitrogens with zero attached hydrogens (tertiary/aromatic N) is 5. The van der Waals surface area contributed by atoms with Crippen LogP contribution in [0, 0.1) is 6.92 Å². The molecule has 10 nitrogen and oxygen atoms in total. The highest BCUT2D eigenvalue weighted by Crippen LogP contribution is 2.25. The predicted molar refractivity (Wildman–Crippen MR) is 143 cm³/mol. The smallest absolute Gasteiger partial charge is 0.263 e. The number of amides is 1. The zero-order chi connectivity index (χ0) is 26.0. The number of ether oxygens (including phenoxy) is 1. The van der Waals surface area contributed by atoms with Crippen molar-refractivity contribution in [3.63, 3.8) is 0 Å². The lowest BCUT2D eigenvalue weighted by Crippen LogP contribution is -2.49. The second-order valence-corrected chi connectivity index (χ2v) is 10.5. The fourth-order valence-electron chi connectivity index (χ4n) is 4.56. The number of methoxy groups -OCH3 is 1. The van der Waals surface area contributed by atoms with Crippen molar-refractivity contribution in [1.82, 2.24) is 19.4 Å². The summed E-state index contributed by atoms with van der Waals surface area (Å²) in [4.78, 5) is 25.0. The number of aryl methyl sites for hydroxylation is 1. The number of anilines is 2. The van der Waals surface area contributed by atoms with E-state index in [4.69, 9.17) is 4.74 Å². The number of sulfonamides is 1. The molecule has 0 unspecified atom stereocenters. The van der Waals surface area contributed by atoms with Gasteiger partial charge in [0, 0.05) is 56.1 Å². The second-order valence-electron chi connectivity index (χ2n) is 8.86. The van der Waals surface area contributed by atoms with Gasteiger partial charge in [-0.15, -0.1) is 0 Å². The first-order valence-electron chi connectivity index (χ1n) is 11.9. The molecule has 1 fully saturated rings. The number of carbonyl (C=O) groups is 1. The monoisotopic (exact) mass is 522 g/mol.